The maximum Gasteiger partial charge on any atom is 0.248 e. The van der Waals surface area contributed by atoms with Gasteiger partial charge < -0.3 is 10.7 Å². The van der Waals surface area contributed by atoms with Gasteiger partial charge in [0.15, 0.2) is 0 Å². The third kappa shape index (κ3) is 1.44. The third-order valence-electron chi connectivity index (χ3n) is 3.85. The first-order valence-electron chi connectivity index (χ1n) is 8.86. The summed E-state index contributed by atoms with van der Waals surface area (Å²) in [7, 11) is 0. The van der Waals surface area contributed by atoms with Gasteiger partial charge in [-0.3, -0.25) is 4.79 Å². The second-order valence-electron chi connectivity index (χ2n) is 4.97. The van der Waals surface area contributed by atoms with Crippen molar-refractivity contribution in [1.29, 1.82) is 0 Å². The number of aromatic amines is 1. The van der Waals surface area contributed by atoms with E-state index in [1.807, 2.05) is 0 Å². The Morgan fingerprint density at radius 1 is 1.61 bits per heavy atom. The topological polar surface area (TPSA) is 58.9 Å². The van der Waals surface area contributed by atoms with E-state index in [9.17, 15) is 4.79 Å². The van der Waals surface area contributed by atoms with Gasteiger partial charge in [-0.15, -0.1) is 0 Å². The van der Waals surface area contributed by atoms with Crippen LogP contribution in [0.3, 0.4) is 0 Å². The molecule has 18 heavy (non-hydrogen) atoms. The monoisotopic (exact) mass is 248 g/mol. The molecule has 1 aromatic rings. The Labute approximate surface area is 115 Å². The molecule has 3 rings (SSSR count). The fraction of sp³-hybridized carbons (Fsp3) is 0.400. The Hall–Kier alpha value is -1.61. The average molecular weight is 248 g/mol. The van der Waals surface area contributed by atoms with Crippen LogP contribution in [0.4, 0.5) is 0 Å². The van der Waals surface area contributed by atoms with Crippen molar-refractivity contribution in [2.45, 2.75) is 32.1 Å². The molecule has 2 unspecified atom stereocenters. The normalized spacial score (nSPS) is 38.4. The van der Waals surface area contributed by atoms with E-state index in [1.165, 1.54) is 12.1 Å². The first-order valence-corrected chi connectivity index (χ1v) is 5.86. The van der Waals surface area contributed by atoms with Crippen LogP contribution in [0, 0.1) is 5.92 Å². The van der Waals surface area contributed by atoms with Crippen molar-refractivity contribution < 1.29 is 8.22 Å². The minimum atomic E-state index is -2.32. The Morgan fingerprint density at radius 3 is 3.28 bits per heavy atom. The highest BCUT2D eigenvalue weighted by Crippen LogP contribution is 2.47. The van der Waals surface area contributed by atoms with Gasteiger partial charge in [-0.05, 0) is 43.7 Å². The molecule has 0 saturated heterocycles. The van der Waals surface area contributed by atoms with Gasteiger partial charge in [0.05, 0.1) is 5.54 Å². The standard InChI is InChI=1S/C15H18N2O/c1-3-11-10-6-9(2)8-15(11,16)12-4-5-14(18)17-13(12)7-10/h3-6,10H,7-8,16H2,1-2H3,(H,17,18)/i1D3,2D3. The van der Waals surface area contributed by atoms with Gasteiger partial charge in [-0.1, -0.05) is 17.7 Å². The predicted octanol–water partition coefficient (Wildman–Crippen LogP) is 2.00. The summed E-state index contributed by atoms with van der Waals surface area (Å²) in [5.74, 6) is -0.454. The molecule has 1 heterocycles. The summed E-state index contributed by atoms with van der Waals surface area (Å²) in [6.45, 7) is -4.60. The van der Waals surface area contributed by atoms with Crippen LogP contribution >= 0.6 is 0 Å². The third-order valence-corrected chi connectivity index (χ3v) is 3.85. The molecule has 2 aliphatic rings. The minimum absolute atomic E-state index is 0.000950. The molecule has 0 fully saturated rings. The van der Waals surface area contributed by atoms with Crippen LogP contribution in [0.15, 0.2) is 40.2 Å². The molecule has 0 aliphatic heterocycles. The second-order valence-corrected chi connectivity index (χ2v) is 4.97. The van der Waals surface area contributed by atoms with Crippen molar-refractivity contribution in [2.75, 3.05) is 0 Å². The molecule has 2 atom stereocenters. The molecule has 94 valence electrons. The van der Waals surface area contributed by atoms with Gasteiger partial charge in [0.2, 0.25) is 5.56 Å². The van der Waals surface area contributed by atoms with Crippen molar-refractivity contribution in [3.8, 4) is 0 Å². The molecule has 0 radical (unpaired) electrons. The highest BCUT2D eigenvalue weighted by atomic mass is 16.1. The summed E-state index contributed by atoms with van der Waals surface area (Å²) >= 11 is 0. The van der Waals surface area contributed by atoms with E-state index in [2.05, 4.69) is 4.98 Å². The summed E-state index contributed by atoms with van der Waals surface area (Å²) < 4.78 is 45.6. The van der Waals surface area contributed by atoms with Gasteiger partial charge >= 0.3 is 0 Å². The number of hydrogen-bond acceptors (Lipinski definition) is 2. The van der Waals surface area contributed by atoms with E-state index in [0.29, 0.717) is 23.3 Å². The zero-order chi connectivity index (χ0) is 17.9. The molecular formula is C15H18N2O. The van der Waals surface area contributed by atoms with E-state index in [4.69, 9.17) is 14.0 Å². The molecule has 3 N–H and O–H groups in total. The largest absolute Gasteiger partial charge is 0.326 e. The first-order chi connectivity index (χ1) is 10.9. The first kappa shape index (κ1) is 6.53. The van der Waals surface area contributed by atoms with E-state index in [1.54, 1.807) is 12.1 Å². The quantitative estimate of drug-likeness (QED) is 0.690. The fourth-order valence-corrected chi connectivity index (χ4v) is 3.10. The van der Waals surface area contributed by atoms with Crippen LogP contribution in [0.5, 0.6) is 0 Å². The molecule has 0 amide bonds. The number of rotatable bonds is 0. The molecule has 0 spiro atoms. The number of nitrogens with one attached hydrogen (secondary N) is 1. The minimum Gasteiger partial charge on any atom is -0.326 e. The Balaban J connectivity index is 2.25. The van der Waals surface area contributed by atoms with Crippen LogP contribution in [0.2, 0.25) is 0 Å². The highest BCUT2D eigenvalue weighted by molar-refractivity contribution is 5.48. The fourth-order valence-electron chi connectivity index (χ4n) is 3.10. The van der Waals surface area contributed by atoms with Crippen LogP contribution in [-0.2, 0) is 12.0 Å². The lowest BCUT2D eigenvalue weighted by molar-refractivity contribution is 0.409. The van der Waals surface area contributed by atoms with Gasteiger partial charge in [-0.25, -0.2) is 0 Å². The zero-order valence-electron chi connectivity index (χ0n) is 15.8. The van der Waals surface area contributed by atoms with Crippen LogP contribution in [0.1, 0.15) is 39.6 Å². The number of H-pyrrole nitrogens is 1. The predicted molar refractivity (Wildman–Crippen MR) is 72.3 cm³/mol. The molecular weight excluding hydrogens is 224 g/mol. The molecule has 0 aromatic carbocycles. The molecule has 1 aromatic heterocycles. The lowest BCUT2D eigenvalue weighted by Crippen LogP contribution is -2.48. The Kier molecular flexibility index (Phi) is 1.34. The zero-order valence-corrected chi connectivity index (χ0v) is 9.79. The summed E-state index contributed by atoms with van der Waals surface area (Å²) in [5, 5.41) is 0. The maximum absolute atomic E-state index is 11.6. The molecule has 0 saturated carbocycles. The number of nitrogens with two attached hydrogens (primary N) is 1. The van der Waals surface area contributed by atoms with Crippen LogP contribution < -0.4 is 11.3 Å². The SMILES string of the molecule is [2H]C([2H])([2H])C=C1C2C=C(C([2H])([2H])[2H])CC1(N)c1ccc(=O)[nH]c1C2. The van der Waals surface area contributed by atoms with Gasteiger partial charge in [0, 0.05) is 25.9 Å². The van der Waals surface area contributed by atoms with Crippen molar-refractivity contribution in [3.05, 3.63) is 57.0 Å². The summed E-state index contributed by atoms with van der Waals surface area (Å²) in [6.07, 6.45) is 3.08. The lowest BCUT2D eigenvalue weighted by Gasteiger charge is -2.45. The van der Waals surface area contributed by atoms with Crippen molar-refractivity contribution >= 4 is 0 Å². The smallest absolute Gasteiger partial charge is 0.248 e. The summed E-state index contributed by atoms with van der Waals surface area (Å²) in [5.41, 5.74) is 7.01. The Morgan fingerprint density at radius 2 is 2.50 bits per heavy atom. The van der Waals surface area contributed by atoms with Gasteiger partial charge in [-0.2, -0.15) is 0 Å². The van der Waals surface area contributed by atoms with Crippen molar-refractivity contribution in [1.82, 2.24) is 4.98 Å². The molecule has 3 nitrogen and oxygen atoms in total. The van der Waals surface area contributed by atoms with E-state index in [0.717, 1.165) is 0 Å². The number of fused-ring (bicyclic) bond motifs is 4. The van der Waals surface area contributed by atoms with Crippen LogP contribution in [0.25, 0.3) is 0 Å². The van der Waals surface area contributed by atoms with Crippen molar-refractivity contribution in [3.63, 3.8) is 0 Å². The maximum atomic E-state index is 11.6. The second kappa shape index (κ2) is 3.69. The van der Waals surface area contributed by atoms with E-state index < -0.39 is 25.2 Å². The summed E-state index contributed by atoms with van der Waals surface area (Å²) in [4.78, 5) is 14.3. The number of allylic oxidation sites excluding steroid dienone is 2. The van der Waals surface area contributed by atoms with Gasteiger partial charge in [0.25, 0.3) is 0 Å². The van der Waals surface area contributed by atoms with Gasteiger partial charge in [0.1, 0.15) is 0 Å². The molecule has 2 bridgehead atoms. The Bertz CT molecular complexity index is 801. The van der Waals surface area contributed by atoms with E-state index in [-0.39, 0.29) is 17.6 Å². The summed E-state index contributed by atoms with van der Waals surface area (Å²) in [6, 6.07) is 2.90. The van der Waals surface area contributed by atoms with E-state index >= 15 is 0 Å². The number of pyridine rings is 1. The number of hydrogen-bond donors (Lipinski definition) is 2. The lowest BCUT2D eigenvalue weighted by atomic mass is 9.63. The highest BCUT2D eigenvalue weighted by Gasteiger charge is 2.43. The van der Waals surface area contributed by atoms with Crippen molar-refractivity contribution in [2.24, 2.45) is 11.7 Å². The number of aromatic nitrogens is 1. The van der Waals surface area contributed by atoms with Crippen LogP contribution in [-0.4, -0.2) is 4.98 Å². The molecule has 3 heteroatoms. The average Bonchev–Trinajstić information content (AvgIpc) is 2.38. The molecule has 2 aliphatic carbocycles.